The number of hydrogen-bond donors (Lipinski definition) is 9. The molecule has 9 N–H and O–H groups in total. The van der Waals surface area contributed by atoms with Crippen LogP contribution in [0.3, 0.4) is 0 Å². The Kier molecular flexibility index (Phi) is 9.97. The highest BCUT2D eigenvalue weighted by atomic mass is 16.8. The van der Waals surface area contributed by atoms with Crippen LogP contribution in [-0.2, 0) is 33.2 Å². The van der Waals surface area contributed by atoms with Gasteiger partial charge in [-0.15, -0.1) is 0 Å². The molecule has 3 heterocycles. The van der Waals surface area contributed by atoms with Gasteiger partial charge < -0.3 is 74.4 Å². The summed E-state index contributed by atoms with van der Waals surface area (Å²) in [5, 5.41) is 90.6. The van der Waals surface area contributed by atoms with Gasteiger partial charge in [-0.1, -0.05) is 0 Å². The molecule has 16 heteroatoms. The molecule has 15 atom stereocenters. The fourth-order valence-corrected chi connectivity index (χ4v) is 4.29. The van der Waals surface area contributed by atoms with Crippen LogP contribution < -0.4 is 0 Å². The normalized spacial score (nSPS) is 50.0. The summed E-state index contributed by atoms with van der Waals surface area (Å²) in [6.07, 6.45) is -24.1. The molecule has 0 saturated carbocycles. The lowest BCUT2D eigenvalue weighted by Crippen LogP contribution is -2.66. The Hall–Kier alpha value is -1.09. The van der Waals surface area contributed by atoms with Crippen LogP contribution in [0.4, 0.5) is 0 Å². The predicted molar refractivity (Wildman–Crippen MR) is 109 cm³/mol. The van der Waals surface area contributed by atoms with E-state index in [1.54, 1.807) is 0 Å². The highest BCUT2D eigenvalue weighted by molar-refractivity contribution is 5.66. The molecule has 3 rings (SSSR count). The first-order valence-corrected chi connectivity index (χ1v) is 11.3. The van der Waals surface area contributed by atoms with E-state index in [0.717, 1.165) is 6.92 Å². The number of hydrogen-bond acceptors (Lipinski definition) is 16. The SMILES string of the molecule is CC(=O)O[C@H]1[C@H](O[C@@H]2[C@@H](O)[C@H](O)O[C@H](CO)[C@H]2O)O[C@@H](C)[C@@H](O)[C@H]1O[C@@H]1O[C@H](CO)[C@@H](O)[C@H](O)[C@H]1O. The number of rotatable bonds is 7. The van der Waals surface area contributed by atoms with Crippen LogP contribution in [0.2, 0.25) is 0 Å². The number of carbonyl (C=O) groups excluding carboxylic acids is 1. The van der Waals surface area contributed by atoms with Crippen LogP contribution in [-0.4, -0.2) is 157 Å². The molecule has 0 spiro atoms. The quantitative estimate of drug-likeness (QED) is 0.139. The second kappa shape index (κ2) is 12.2. The van der Waals surface area contributed by atoms with E-state index in [-0.39, 0.29) is 0 Å². The minimum absolute atomic E-state index is 0.734. The van der Waals surface area contributed by atoms with Gasteiger partial charge in [0, 0.05) is 6.92 Å². The third-order valence-electron chi connectivity index (χ3n) is 6.33. The summed E-state index contributed by atoms with van der Waals surface area (Å²) in [5.74, 6) is -0.886. The number of carbonyl (C=O) groups is 1. The molecular formula is C20H34O16. The van der Waals surface area contributed by atoms with Gasteiger partial charge in [-0.2, -0.15) is 0 Å². The van der Waals surface area contributed by atoms with Gasteiger partial charge in [0.2, 0.25) is 0 Å². The lowest BCUT2D eigenvalue weighted by molar-refractivity contribution is -0.376. The van der Waals surface area contributed by atoms with Crippen LogP contribution in [0, 0.1) is 0 Å². The molecular weight excluding hydrogens is 496 g/mol. The van der Waals surface area contributed by atoms with Crippen molar-refractivity contribution in [2.75, 3.05) is 13.2 Å². The first-order chi connectivity index (χ1) is 16.9. The Balaban J connectivity index is 1.86. The second-order valence-electron chi connectivity index (χ2n) is 8.90. The maximum absolute atomic E-state index is 11.9. The largest absolute Gasteiger partial charge is 0.454 e. The maximum Gasteiger partial charge on any atom is 0.303 e. The summed E-state index contributed by atoms with van der Waals surface area (Å²) in [6, 6.07) is 0. The predicted octanol–water partition coefficient (Wildman–Crippen LogP) is -5.97. The van der Waals surface area contributed by atoms with Gasteiger partial charge in [-0.25, -0.2) is 0 Å². The Morgan fingerprint density at radius 1 is 0.667 bits per heavy atom. The van der Waals surface area contributed by atoms with Crippen molar-refractivity contribution in [1.29, 1.82) is 0 Å². The summed E-state index contributed by atoms with van der Waals surface area (Å²) in [7, 11) is 0. The molecule has 36 heavy (non-hydrogen) atoms. The van der Waals surface area contributed by atoms with Gasteiger partial charge in [-0.3, -0.25) is 4.79 Å². The van der Waals surface area contributed by atoms with E-state index in [1.807, 2.05) is 0 Å². The minimum Gasteiger partial charge on any atom is -0.454 e. The molecule has 0 aromatic heterocycles. The third kappa shape index (κ3) is 5.97. The number of esters is 1. The maximum atomic E-state index is 11.9. The molecule has 0 aromatic rings. The molecule has 0 aliphatic carbocycles. The minimum atomic E-state index is -1.85. The van der Waals surface area contributed by atoms with Crippen LogP contribution >= 0.6 is 0 Å². The van der Waals surface area contributed by atoms with Gasteiger partial charge in [0.25, 0.3) is 0 Å². The highest BCUT2D eigenvalue weighted by Gasteiger charge is 2.54. The molecule has 0 unspecified atom stereocenters. The van der Waals surface area contributed by atoms with Crippen molar-refractivity contribution in [3.05, 3.63) is 0 Å². The van der Waals surface area contributed by atoms with Crippen molar-refractivity contribution in [3.63, 3.8) is 0 Å². The molecule has 0 radical (unpaired) electrons. The van der Waals surface area contributed by atoms with Crippen molar-refractivity contribution in [2.24, 2.45) is 0 Å². The van der Waals surface area contributed by atoms with Gasteiger partial charge in [-0.05, 0) is 6.92 Å². The van der Waals surface area contributed by atoms with Crippen molar-refractivity contribution in [2.45, 2.75) is 106 Å². The number of aliphatic hydroxyl groups is 9. The molecule has 0 bridgehead atoms. The molecule has 16 nitrogen and oxygen atoms in total. The summed E-state index contributed by atoms with van der Waals surface area (Å²) in [6.45, 7) is 0.930. The lowest BCUT2D eigenvalue weighted by Gasteiger charge is -2.48. The Labute approximate surface area is 205 Å². The van der Waals surface area contributed by atoms with E-state index < -0.39 is 111 Å². The zero-order chi connectivity index (χ0) is 26.9. The number of aliphatic hydroxyl groups excluding tert-OH is 9. The van der Waals surface area contributed by atoms with E-state index in [1.165, 1.54) is 6.92 Å². The first-order valence-electron chi connectivity index (χ1n) is 11.3. The third-order valence-corrected chi connectivity index (χ3v) is 6.33. The van der Waals surface area contributed by atoms with E-state index >= 15 is 0 Å². The van der Waals surface area contributed by atoms with Crippen LogP contribution in [0.5, 0.6) is 0 Å². The molecule has 3 aliphatic heterocycles. The average Bonchev–Trinajstić information content (AvgIpc) is 2.83. The fraction of sp³-hybridized carbons (Fsp3) is 0.950. The van der Waals surface area contributed by atoms with Gasteiger partial charge in [0.15, 0.2) is 25.0 Å². The van der Waals surface area contributed by atoms with Gasteiger partial charge >= 0.3 is 5.97 Å². The molecule has 0 amide bonds. The van der Waals surface area contributed by atoms with E-state index in [2.05, 4.69) is 0 Å². The highest BCUT2D eigenvalue weighted by Crippen LogP contribution is 2.33. The summed E-state index contributed by atoms with van der Waals surface area (Å²) in [5.41, 5.74) is 0. The summed E-state index contributed by atoms with van der Waals surface area (Å²) in [4.78, 5) is 11.9. The summed E-state index contributed by atoms with van der Waals surface area (Å²) >= 11 is 0. The zero-order valence-electron chi connectivity index (χ0n) is 19.5. The van der Waals surface area contributed by atoms with Crippen molar-refractivity contribution in [1.82, 2.24) is 0 Å². The first kappa shape index (κ1) is 29.5. The van der Waals surface area contributed by atoms with Crippen LogP contribution in [0.1, 0.15) is 13.8 Å². The van der Waals surface area contributed by atoms with E-state index in [0.29, 0.717) is 0 Å². The van der Waals surface area contributed by atoms with Gasteiger partial charge in [0.1, 0.15) is 61.0 Å². The zero-order valence-corrected chi connectivity index (χ0v) is 19.5. The molecule has 3 fully saturated rings. The topological polar surface area (TPSA) is 255 Å². The smallest absolute Gasteiger partial charge is 0.303 e. The molecule has 3 saturated heterocycles. The van der Waals surface area contributed by atoms with E-state index in [9.17, 15) is 50.8 Å². The van der Waals surface area contributed by atoms with E-state index in [4.69, 9.17) is 28.4 Å². The monoisotopic (exact) mass is 530 g/mol. The summed E-state index contributed by atoms with van der Waals surface area (Å²) < 4.78 is 32.3. The van der Waals surface area contributed by atoms with Crippen molar-refractivity contribution < 1.29 is 79.2 Å². The molecule has 0 aromatic carbocycles. The molecule has 210 valence electrons. The average molecular weight is 530 g/mol. The lowest BCUT2D eigenvalue weighted by atomic mass is 9.96. The van der Waals surface area contributed by atoms with Crippen LogP contribution in [0.15, 0.2) is 0 Å². The van der Waals surface area contributed by atoms with Crippen molar-refractivity contribution in [3.8, 4) is 0 Å². The van der Waals surface area contributed by atoms with Gasteiger partial charge in [0.05, 0.1) is 19.3 Å². The fourth-order valence-electron chi connectivity index (χ4n) is 4.29. The molecule has 3 aliphatic rings. The Morgan fingerprint density at radius 3 is 1.83 bits per heavy atom. The van der Waals surface area contributed by atoms with Crippen molar-refractivity contribution >= 4 is 5.97 Å². The number of ether oxygens (including phenoxy) is 6. The van der Waals surface area contributed by atoms with Crippen LogP contribution in [0.25, 0.3) is 0 Å². The standard InChI is InChI=1S/C20H34O16/c1-5-9(24)16(36-19-13(28)12(27)10(25)7(3-21)34-19)17(32-6(2)23)20(31-5)35-15-11(26)8(4-22)33-18(30)14(15)29/h5,7-22,24-30H,3-4H2,1-2H3/t5-,7+,8+,9+,10+,11+,12-,13+,14+,15-,16+,17+,18+,19-,20-/m0/s1. The Bertz CT molecular complexity index is 724. The second-order valence-corrected chi connectivity index (χ2v) is 8.90. The Morgan fingerprint density at radius 2 is 1.25 bits per heavy atom.